The number of H-pyrrole nitrogens is 1. The lowest BCUT2D eigenvalue weighted by Crippen LogP contribution is -2.22. The van der Waals surface area contributed by atoms with Crippen LogP contribution in [-0.4, -0.2) is 15.9 Å². The van der Waals surface area contributed by atoms with Gasteiger partial charge in [-0.25, -0.2) is 4.98 Å². The van der Waals surface area contributed by atoms with Gasteiger partial charge in [-0.15, -0.1) is 0 Å². The summed E-state index contributed by atoms with van der Waals surface area (Å²) in [5.74, 6) is -1.49. The van der Waals surface area contributed by atoms with Gasteiger partial charge in [-0.05, 0) is 6.92 Å². The molecule has 6 heteroatoms. The molecule has 0 unspecified atom stereocenters. The number of carbonyl (C=O) groups excluding carboxylic acids is 1. The zero-order valence-electron chi connectivity index (χ0n) is 6.93. The molecule has 70 valence electrons. The Morgan fingerprint density at radius 3 is 2.77 bits per heavy atom. The number of rotatable bonds is 2. The molecule has 1 rings (SSSR count). The summed E-state index contributed by atoms with van der Waals surface area (Å²) in [5.41, 5.74) is 3.94. The number of aromatic amines is 1. The van der Waals surface area contributed by atoms with E-state index in [0.717, 1.165) is 0 Å². The lowest BCUT2D eigenvalue weighted by Gasteiger charge is -1.99. The summed E-state index contributed by atoms with van der Waals surface area (Å²) in [6.07, 6.45) is -0.198. The number of hydrogen-bond acceptors (Lipinski definition) is 3. The predicted molar refractivity (Wildman–Crippen MR) is 42.5 cm³/mol. The number of amides is 1. The second-order valence-electron chi connectivity index (χ2n) is 2.56. The number of nitrogens with two attached hydrogens (primary N) is 1. The second kappa shape index (κ2) is 3.34. The van der Waals surface area contributed by atoms with E-state index in [1.54, 1.807) is 0 Å². The number of hydrogen-bond donors (Lipinski definition) is 2. The molecule has 0 saturated carbocycles. The number of halogens is 1. The van der Waals surface area contributed by atoms with Crippen molar-refractivity contribution in [2.45, 2.75) is 13.3 Å². The van der Waals surface area contributed by atoms with E-state index in [1.165, 1.54) is 6.92 Å². The van der Waals surface area contributed by atoms with Crippen LogP contribution in [0.4, 0.5) is 4.39 Å². The fourth-order valence-corrected chi connectivity index (χ4v) is 0.878. The normalized spacial score (nSPS) is 10.0. The topological polar surface area (TPSA) is 88.8 Å². The average molecular weight is 185 g/mol. The molecule has 1 heterocycles. The molecule has 1 aromatic rings. The first-order valence-corrected chi connectivity index (χ1v) is 3.54. The monoisotopic (exact) mass is 185 g/mol. The number of primary amides is 1. The van der Waals surface area contributed by atoms with Crippen molar-refractivity contribution in [1.82, 2.24) is 9.97 Å². The van der Waals surface area contributed by atoms with E-state index in [4.69, 9.17) is 5.73 Å². The SMILES string of the molecule is Cc1nc(CC(N)=O)[nH]c(=O)c1F. The Bertz CT molecular complexity index is 399. The van der Waals surface area contributed by atoms with Crippen molar-refractivity contribution in [3.8, 4) is 0 Å². The summed E-state index contributed by atoms with van der Waals surface area (Å²) in [7, 11) is 0. The highest BCUT2D eigenvalue weighted by atomic mass is 19.1. The highest BCUT2D eigenvalue weighted by Gasteiger charge is 2.08. The third kappa shape index (κ3) is 2.11. The van der Waals surface area contributed by atoms with Crippen LogP contribution < -0.4 is 11.3 Å². The van der Waals surface area contributed by atoms with Gasteiger partial charge in [0.15, 0.2) is 0 Å². The minimum absolute atomic E-state index is 0.0417. The smallest absolute Gasteiger partial charge is 0.287 e. The van der Waals surface area contributed by atoms with Gasteiger partial charge in [-0.1, -0.05) is 0 Å². The van der Waals surface area contributed by atoms with E-state index in [9.17, 15) is 14.0 Å². The van der Waals surface area contributed by atoms with Crippen molar-refractivity contribution in [2.24, 2.45) is 5.73 Å². The Morgan fingerprint density at radius 1 is 1.69 bits per heavy atom. The van der Waals surface area contributed by atoms with Crippen molar-refractivity contribution in [3.05, 3.63) is 27.7 Å². The van der Waals surface area contributed by atoms with Crippen LogP contribution in [0.5, 0.6) is 0 Å². The second-order valence-corrected chi connectivity index (χ2v) is 2.56. The molecule has 3 N–H and O–H groups in total. The third-order valence-corrected chi connectivity index (χ3v) is 1.42. The molecular formula is C7H8FN3O2. The van der Waals surface area contributed by atoms with Crippen molar-refractivity contribution in [2.75, 3.05) is 0 Å². The molecule has 0 fully saturated rings. The first-order valence-electron chi connectivity index (χ1n) is 3.54. The highest BCUT2D eigenvalue weighted by molar-refractivity contribution is 5.75. The molecule has 0 aliphatic heterocycles. The summed E-state index contributed by atoms with van der Waals surface area (Å²) >= 11 is 0. The minimum Gasteiger partial charge on any atom is -0.369 e. The fourth-order valence-electron chi connectivity index (χ4n) is 0.878. The molecule has 1 amide bonds. The average Bonchev–Trinajstić information content (AvgIpc) is 1.98. The van der Waals surface area contributed by atoms with Gasteiger partial charge in [0, 0.05) is 0 Å². The van der Waals surface area contributed by atoms with E-state index >= 15 is 0 Å². The molecule has 0 saturated heterocycles. The number of nitrogens with one attached hydrogen (secondary N) is 1. The molecule has 0 aliphatic carbocycles. The minimum atomic E-state index is -0.937. The Balaban J connectivity index is 3.13. The lowest BCUT2D eigenvalue weighted by atomic mass is 10.3. The molecule has 0 bridgehead atoms. The van der Waals surface area contributed by atoms with E-state index in [2.05, 4.69) is 9.97 Å². The maximum Gasteiger partial charge on any atom is 0.287 e. The van der Waals surface area contributed by atoms with E-state index in [-0.39, 0.29) is 17.9 Å². The highest BCUT2D eigenvalue weighted by Crippen LogP contribution is 1.96. The Hall–Kier alpha value is -1.72. The molecule has 0 spiro atoms. The largest absolute Gasteiger partial charge is 0.369 e. The van der Waals surface area contributed by atoms with Crippen LogP contribution in [0.1, 0.15) is 11.5 Å². The van der Waals surface area contributed by atoms with E-state index in [1.807, 2.05) is 0 Å². The van der Waals surface area contributed by atoms with Crippen LogP contribution in [0.3, 0.4) is 0 Å². The van der Waals surface area contributed by atoms with Crippen molar-refractivity contribution in [3.63, 3.8) is 0 Å². The number of aromatic nitrogens is 2. The van der Waals surface area contributed by atoms with Crippen molar-refractivity contribution >= 4 is 5.91 Å². The summed E-state index contributed by atoms with van der Waals surface area (Å²) in [5, 5.41) is 0. The van der Waals surface area contributed by atoms with Crippen LogP contribution in [-0.2, 0) is 11.2 Å². The Morgan fingerprint density at radius 2 is 2.31 bits per heavy atom. The summed E-state index contributed by atoms with van der Waals surface area (Å²) in [6.45, 7) is 1.34. The van der Waals surface area contributed by atoms with Gasteiger partial charge in [0.1, 0.15) is 5.82 Å². The Labute approximate surface area is 72.8 Å². The van der Waals surface area contributed by atoms with Gasteiger partial charge in [0.05, 0.1) is 12.1 Å². The van der Waals surface area contributed by atoms with Crippen LogP contribution in [0.25, 0.3) is 0 Å². The van der Waals surface area contributed by atoms with Crippen LogP contribution >= 0.6 is 0 Å². The van der Waals surface area contributed by atoms with Gasteiger partial charge < -0.3 is 10.7 Å². The molecular weight excluding hydrogens is 177 g/mol. The van der Waals surface area contributed by atoms with Crippen LogP contribution in [0.2, 0.25) is 0 Å². The summed E-state index contributed by atoms with van der Waals surface area (Å²) in [4.78, 5) is 27.0. The van der Waals surface area contributed by atoms with Gasteiger partial charge in [0.25, 0.3) is 5.56 Å². The van der Waals surface area contributed by atoms with Gasteiger partial charge in [-0.3, -0.25) is 9.59 Å². The maximum absolute atomic E-state index is 12.7. The van der Waals surface area contributed by atoms with Gasteiger partial charge in [0.2, 0.25) is 11.7 Å². The first kappa shape index (κ1) is 9.37. The van der Waals surface area contributed by atoms with Crippen molar-refractivity contribution < 1.29 is 9.18 Å². The van der Waals surface area contributed by atoms with Gasteiger partial charge in [-0.2, -0.15) is 4.39 Å². The van der Waals surface area contributed by atoms with Gasteiger partial charge >= 0.3 is 0 Å². The summed E-state index contributed by atoms with van der Waals surface area (Å²) in [6, 6.07) is 0. The lowest BCUT2D eigenvalue weighted by molar-refractivity contribution is -0.117. The van der Waals surface area contributed by atoms with E-state index in [0.29, 0.717) is 0 Å². The Kier molecular flexibility index (Phi) is 2.41. The molecule has 1 aromatic heterocycles. The van der Waals surface area contributed by atoms with Crippen LogP contribution in [0.15, 0.2) is 4.79 Å². The number of nitrogens with zero attached hydrogens (tertiary/aromatic N) is 1. The molecule has 5 nitrogen and oxygen atoms in total. The third-order valence-electron chi connectivity index (χ3n) is 1.42. The molecule has 0 radical (unpaired) electrons. The standard InChI is InChI=1S/C7H8FN3O2/c1-3-6(8)7(13)11-5(10-3)2-4(9)12/h2H2,1H3,(H2,9,12)(H,10,11,13). The van der Waals surface area contributed by atoms with Crippen molar-refractivity contribution in [1.29, 1.82) is 0 Å². The molecule has 0 atom stereocenters. The van der Waals surface area contributed by atoms with E-state index < -0.39 is 17.3 Å². The number of carbonyl (C=O) groups is 1. The predicted octanol–water partition coefficient (Wildman–Crippen LogP) is -0.755. The zero-order chi connectivity index (χ0) is 10.0. The summed E-state index contributed by atoms with van der Waals surface area (Å²) < 4.78 is 12.7. The molecule has 0 aliphatic rings. The van der Waals surface area contributed by atoms with Crippen LogP contribution in [0, 0.1) is 12.7 Å². The molecule has 0 aromatic carbocycles. The maximum atomic E-state index is 12.7. The molecule has 13 heavy (non-hydrogen) atoms. The quantitative estimate of drug-likeness (QED) is 0.635. The number of aryl methyl sites for hydroxylation is 1. The fraction of sp³-hybridized carbons (Fsp3) is 0.286. The zero-order valence-corrected chi connectivity index (χ0v) is 6.93. The first-order chi connectivity index (χ1) is 6.00.